The third-order valence-corrected chi connectivity index (χ3v) is 2.03. The Morgan fingerprint density at radius 2 is 2.14 bits per heavy atom. The van der Waals surface area contributed by atoms with Crippen molar-refractivity contribution in [2.24, 2.45) is 0 Å². The SMILES string of the molecule is O=Cc1[nH]ccc1-c1cccc(F)c1. The van der Waals surface area contributed by atoms with E-state index in [1.54, 1.807) is 24.4 Å². The van der Waals surface area contributed by atoms with Crippen molar-refractivity contribution >= 4 is 6.29 Å². The number of halogens is 1. The average Bonchev–Trinajstić information content (AvgIpc) is 2.65. The molecule has 1 aromatic heterocycles. The summed E-state index contributed by atoms with van der Waals surface area (Å²) in [4.78, 5) is 13.4. The summed E-state index contributed by atoms with van der Waals surface area (Å²) in [5.74, 6) is -0.305. The van der Waals surface area contributed by atoms with Crippen LogP contribution in [0.25, 0.3) is 11.1 Å². The lowest BCUT2D eigenvalue weighted by Crippen LogP contribution is -1.84. The summed E-state index contributed by atoms with van der Waals surface area (Å²) in [6.45, 7) is 0. The molecule has 3 heteroatoms. The molecule has 0 aliphatic carbocycles. The molecule has 0 spiro atoms. The smallest absolute Gasteiger partial charge is 0.166 e. The molecule has 0 saturated carbocycles. The predicted octanol–water partition coefficient (Wildman–Crippen LogP) is 2.63. The number of aromatic amines is 1. The van der Waals surface area contributed by atoms with Gasteiger partial charge in [-0.2, -0.15) is 0 Å². The summed E-state index contributed by atoms with van der Waals surface area (Å²) in [6, 6.07) is 7.90. The Bertz CT molecular complexity index is 462. The molecule has 0 fully saturated rings. The number of nitrogens with one attached hydrogen (secondary N) is 1. The van der Waals surface area contributed by atoms with E-state index >= 15 is 0 Å². The van der Waals surface area contributed by atoms with Crippen LogP contribution in [-0.4, -0.2) is 11.3 Å². The van der Waals surface area contributed by atoms with E-state index in [1.807, 2.05) is 0 Å². The Labute approximate surface area is 80.4 Å². The molecular weight excluding hydrogens is 181 g/mol. The molecule has 14 heavy (non-hydrogen) atoms. The molecule has 2 rings (SSSR count). The average molecular weight is 189 g/mol. The van der Waals surface area contributed by atoms with E-state index in [2.05, 4.69) is 4.98 Å². The third kappa shape index (κ3) is 1.44. The molecule has 0 unspecified atom stereocenters. The van der Waals surface area contributed by atoms with E-state index in [1.165, 1.54) is 12.1 Å². The second-order valence-corrected chi connectivity index (χ2v) is 2.93. The minimum atomic E-state index is -0.305. The van der Waals surface area contributed by atoms with Crippen LogP contribution < -0.4 is 0 Å². The van der Waals surface area contributed by atoms with Gasteiger partial charge >= 0.3 is 0 Å². The van der Waals surface area contributed by atoms with Gasteiger partial charge in [-0.3, -0.25) is 4.79 Å². The molecule has 0 radical (unpaired) electrons. The molecule has 0 aliphatic heterocycles. The summed E-state index contributed by atoms with van der Waals surface area (Å²) in [6.07, 6.45) is 2.38. The summed E-state index contributed by atoms with van der Waals surface area (Å²) in [7, 11) is 0. The van der Waals surface area contributed by atoms with E-state index in [9.17, 15) is 9.18 Å². The number of benzene rings is 1. The number of hydrogen-bond acceptors (Lipinski definition) is 1. The number of H-pyrrole nitrogens is 1. The van der Waals surface area contributed by atoms with Crippen molar-refractivity contribution in [2.45, 2.75) is 0 Å². The highest BCUT2D eigenvalue weighted by atomic mass is 19.1. The number of hydrogen-bond donors (Lipinski definition) is 1. The van der Waals surface area contributed by atoms with Gasteiger partial charge in [0.15, 0.2) is 6.29 Å². The van der Waals surface area contributed by atoms with Crippen molar-refractivity contribution in [1.29, 1.82) is 0 Å². The van der Waals surface area contributed by atoms with Gasteiger partial charge in [-0.25, -0.2) is 4.39 Å². The van der Waals surface area contributed by atoms with Crippen LogP contribution >= 0.6 is 0 Å². The fourth-order valence-electron chi connectivity index (χ4n) is 1.39. The summed E-state index contributed by atoms with van der Waals surface area (Å²) in [5, 5.41) is 0. The maximum atomic E-state index is 12.9. The van der Waals surface area contributed by atoms with Crippen molar-refractivity contribution in [3.8, 4) is 11.1 Å². The molecule has 0 saturated heterocycles. The molecule has 0 amide bonds. The van der Waals surface area contributed by atoms with Crippen LogP contribution in [0.15, 0.2) is 36.5 Å². The quantitative estimate of drug-likeness (QED) is 0.724. The maximum Gasteiger partial charge on any atom is 0.166 e. The molecule has 2 aromatic rings. The minimum Gasteiger partial charge on any atom is -0.359 e. The first kappa shape index (κ1) is 8.69. The molecule has 2 nitrogen and oxygen atoms in total. The lowest BCUT2D eigenvalue weighted by Gasteiger charge is -1.98. The monoisotopic (exact) mass is 189 g/mol. The van der Waals surface area contributed by atoms with Gasteiger partial charge in [0.2, 0.25) is 0 Å². The summed E-state index contributed by atoms with van der Waals surface area (Å²) >= 11 is 0. The number of rotatable bonds is 2. The van der Waals surface area contributed by atoms with Crippen molar-refractivity contribution < 1.29 is 9.18 Å². The number of carbonyl (C=O) groups excluding carboxylic acids is 1. The van der Waals surface area contributed by atoms with E-state index < -0.39 is 0 Å². The fraction of sp³-hybridized carbons (Fsp3) is 0. The Kier molecular flexibility index (Phi) is 2.14. The van der Waals surface area contributed by atoms with Crippen molar-refractivity contribution in [2.75, 3.05) is 0 Å². The first-order valence-corrected chi connectivity index (χ1v) is 4.20. The van der Waals surface area contributed by atoms with Crippen molar-refractivity contribution in [3.05, 3.63) is 48.0 Å². The predicted molar refractivity (Wildman–Crippen MR) is 51.6 cm³/mol. The van der Waals surface area contributed by atoms with E-state index in [0.29, 0.717) is 11.3 Å². The maximum absolute atomic E-state index is 12.9. The molecule has 0 aliphatic rings. The number of carbonyl (C=O) groups is 1. The van der Waals surface area contributed by atoms with Crippen LogP contribution in [0.3, 0.4) is 0 Å². The molecule has 1 heterocycles. The van der Waals surface area contributed by atoms with Gasteiger partial charge in [0, 0.05) is 11.8 Å². The van der Waals surface area contributed by atoms with Gasteiger partial charge in [0.05, 0.1) is 5.69 Å². The first-order valence-electron chi connectivity index (χ1n) is 4.20. The zero-order valence-corrected chi connectivity index (χ0v) is 7.33. The van der Waals surface area contributed by atoms with Gasteiger partial charge in [0.25, 0.3) is 0 Å². The van der Waals surface area contributed by atoms with Crippen LogP contribution in [-0.2, 0) is 0 Å². The molecular formula is C11H8FNO. The number of aldehydes is 1. The Hall–Kier alpha value is -1.90. The van der Waals surface area contributed by atoms with Gasteiger partial charge < -0.3 is 4.98 Å². The van der Waals surface area contributed by atoms with Crippen LogP contribution in [0.5, 0.6) is 0 Å². The van der Waals surface area contributed by atoms with E-state index in [-0.39, 0.29) is 5.82 Å². The summed E-state index contributed by atoms with van der Waals surface area (Å²) < 4.78 is 12.9. The highest BCUT2D eigenvalue weighted by Gasteiger charge is 2.05. The normalized spacial score (nSPS) is 10.1. The van der Waals surface area contributed by atoms with Crippen molar-refractivity contribution in [1.82, 2.24) is 4.98 Å². The zero-order chi connectivity index (χ0) is 9.97. The molecule has 70 valence electrons. The number of aromatic nitrogens is 1. The second kappa shape index (κ2) is 3.46. The van der Waals surface area contributed by atoms with Crippen LogP contribution in [0.2, 0.25) is 0 Å². The van der Waals surface area contributed by atoms with Gasteiger partial charge in [-0.1, -0.05) is 12.1 Å². The Balaban J connectivity index is 2.54. The highest BCUT2D eigenvalue weighted by molar-refractivity contribution is 5.85. The lowest BCUT2D eigenvalue weighted by molar-refractivity contribution is 0.112. The fourth-order valence-corrected chi connectivity index (χ4v) is 1.39. The van der Waals surface area contributed by atoms with E-state index in [0.717, 1.165) is 11.8 Å². The summed E-state index contributed by atoms with van der Waals surface area (Å²) in [5.41, 5.74) is 1.89. The van der Waals surface area contributed by atoms with Crippen molar-refractivity contribution in [3.63, 3.8) is 0 Å². The topological polar surface area (TPSA) is 32.9 Å². The lowest BCUT2D eigenvalue weighted by atomic mass is 10.1. The molecule has 1 N–H and O–H groups in total. The van der Waals surface area contributed by atoms with Gasteiger partial charge in [-0.15, -0.1) is 0 Å². The standard InChI is InChI=1S/C11H8FNO/c12-9-3-1-2-8(6-9)10-4-5-13-11(10)7-14/h1-7,13H. The molecule has 1 aromatic carbocycles. The highest BCUT2D eigenvalue weighted by Crippen LogP contribution is 2.22. The second-order valence-electron chi connectivity index (χ2n) is 2.93. The van der Waals surface area contributed by atoms with Gasteiger partial charge in [0.1, 0.15) is 5.82 Å². The van der Waals surface area contributed by atoms with Crippen LogP contribution in [0, 0.1) is 5.82 Å². The van der Waals surface area contributed by atoms with Crippen LogP contribution in [0.1, 0.15) is 10.5 Å². The third-order valence-electron chi connectivity index (χ3n) is 2.03. The van der Waals surface area contributed by atoms with E-state index in [4.69, 9.17) is 0 Å². The molecule has 0 bridgehead atoms. The van der Waals surface area contributed by atoms with Gasteiger partial charge in [-0.05, 0) is 23.8 Å². The largest absolute Gasteiger partial charge is 0.359 e. The molecule has 0 atom stereocenters. The Morgan fingerprint density at radius 3 is 2.86 bits per heavy atom. The Morgan fingerprint density at radius 1 is 1.29 bits per heavy atom. The zero-order valence-electron chi connectivity index (χ0n) is 7.33. The first-order chi connectivity index (χ1) is 6.81. The van der Waals surface area contributed by atoms with Crippen LogP contribution in [0.4, 0.5) is 4.39 Å². The minimum absolute atomic E-state index is 0.305.